The summed E-state index contributed by atoms with van der Waals surface area (Å²) in [7, 11) is 0. The molecule has 0 unspecified atom stereocenters. The number of carbonyl (C=O) groups is 1. The lowest BCUT2D eigenvalue weighted by atomic mass is 9.99. The van der Waals surface area contributed by atoms with Gasteiger partial charge in [0, 0.05) is 5.56 Å². The highest BCUT2D eigenvalue weighted by Crippen LogP contribution is 2.30. The summed E-state index contributed by atoms with van der Waals surface area (Å²) in [6.07, 6.45) is 0.515. The molecule has 0 fully saturated rings. The van der Waals surface area contributed by atoms with Crippen molar-refractivity contribution in [3.05, 3.63) is 29.1 Å². The smallest absolute Gasteiger partial charge is 0.153 e. The summed E-state index contributed by atoms with van der Waals surface area (Å²) in [6.45, 7) is 3.51. The number of aldehydes is 1. The fourth-order valence-corrected chi connectivity index (χ4v) is 1.24. The number of phenols is 1. The summed E-state index contributed by atoms with van der Waals surface area (Å²) < 4.78 is 13.1. The van der Waals surface area contributed by atoms with E-state index >= 15 is 0 Å². The van der Waals surface area contributed by atoms with Gasteiger partial charge in [-0.25, -0.2) is 4.39 Å². The lowest BCUT2D eigenvalue weighted by Crippen LogP contribution is -1.96. The number of phenolic OH excluding ortho intramolecular Hbond substituents is 1. The molecule has 0 radical (unpaired) electrons. The second kappa shape index (κ2) is 3.56. The Bertz CT molecular complexity index is 332. The van der Waals surface area contributed by atoms with Crippen LogP contribution >= 0.6 is 0 Å². The standard InChI is InChI=1S/C10H11FO2/c1-6(2)9-8(11)4-3-7(5-12)10(9)13/h3-6,13H,1-2H3. The van der Waals surface area contributed by atoms with Crippen molar-refractivity contribution in [2.24, 2.45) is 0 Å². The van der Waals surface area contributed by atoms with Crippen molar-refractivity contribution in [1.82, 2.24) is 0 Å². The first-order valence-corrected chi connectivity index (χ1v) is 4.04. The lowest BCUT2D eigenvalue weighted by Gasteiger charge is -2.10. The quantitative estimate of drug-likeness (QED) is 0.713. The molecule has 3 heteroatoms. The Kier molecular flexibility index (Phi) is 2.66. The molecule has 1 aromatic carbocycles. The number of hydrogen-bond acceptors (Lipinski definition) is 2. The Morgan fingerprint density at radius 2 is 2.08 bits per heavy atom. The van der Waals surface area contributed by atoms with E-state index in [-0.39, 0.29) is 22.8 Å². The maximum atomic E-state index is 13.1. The molecule has 0 aliphatic rings. The molecule has 0 atom stereocenters. The predicted octanol–water partition coefficient (Wildman–Crippen LogP) is 2.47. The number of benzene rings is 1. The summed E-state index contributed by atoms with van der Waals surface area (Å²) in [6, 6.07) is 2.46. The maximum absolute atomic E-state index is 13.1. The second-order valence-electron chi connectivity index (χ2n) is 3.17. The summed E-state index contributed by atoms with van der Waals surface area (Å²) in [5.74, 6) is -0.858. The monoisotopic (exact) mass is 182 g/mol. The molecule has 0 bridgehead atoms. The van der Waals surface area contributed by atoms with E-state index in [1.165, 1.54) is 12.1 Å². The third-order valence-corrected chi connectivity index (χ3v) is 1.90. The van der Waals surface area contributed by atoms with Gasteiger partial charge in [0.2, 0.25) is 0 Å². The van der Waals surface area contributed by atoms with Crippen molar-refractivity contribution in [2.45, 2.75) is 19.8 Å². The van der Waals surface area contributed by atoms with Crippen LogP contribution in [0.15, 0.2) is 12.1 Å². The molecule has 0 spiro atoms. The normalized spacial score (nSPS) is 10.5. The fraction of sp³-hybridized carbons (Fsp3) is 0.300. The van der Waals surface area contributed by atoms with Crippen LogP contribution in [0.3, 0.4) is 0 Å². The van der Waals surface area contributed by atoms with Crippen molar-refractivity contribution < 1.29 is 14.3 Å². The molecule has 0 heterocycles. The molecule has 1 aromatic rings. The summed E-state index contributed by atoms with van der Waals surface area (Å²) in [5.41, 5.74) is 0.328. The highest BCUT2D eigenvalue weighted by molar-refractivity contribution is 5.80. The zero-order valence-corrected chi connectivity index (χ0v) is 7.54. The number of rotatable bonds is 2. The van der Waals surface area contributed by atoms with E-state index in [4.69, 9.17) is 0 Å². The van der Waals surface area contributed by atoms with Crippen LogP contribution in [0.25, 0.3) is 0 Å². The fourth-order valence-electron chi connectivity index (χ4n) is 1.24. The molecule has 0 aromatic heterocycles. The number of halogens is 1. The van der Waals surface area contributed by atoms with E-state index in [0.29, 0.717) is 6.29 Å². The van der Waals surface area contributed by atoms with Crippen molar-refractivity contribution in [3.8, 4) is 5.75 Å². The topological polar surface area (TPSA) is 37.3 Å². The molecule has 1 N–H and O–H groups in total. The van der Waals surface area contributed by atoms with Gasteiger partial charge in [0.25, 0.3) is 0 Å². The molecular weight excluding hydrogens is 171 g/mol. The molecule has 0 amide bonds. The highest BCUT2D eigenvalue weighted by atomic mass is 19.1. The van der Waals surface area contributed by atoms with Crippen LogP contribution in [0.1, 0.15) is 35.7 Å². The van der Waals surface area contributed by atoms with Gasteiger partial charge in [-0.05, 0) is 18.1 Å². The third-order valence-electron chi connectivity index (χ3n) is 1.90. The van der Waals surface area contributed by atoms with E-state index in [2.05, 4.69) is 0 Å². The molecule has 2 nitrogen and oxygen atoms in total. The molecule has 0 saturated carbocycles. The van der Waals surface area contributed by atoms with Gasteiger partial charge in [0.15, 0.2) is 6.29 Å². The van der Waals surface area contributed by atoms with Gasteiger partial charge in [0.1, 0.15) is 11.6 Å². The first-order valence-electron chi connectivity index (χ1n) is 4.04. The molecule has 70 valence electrons. The van der Waals surface area contributed by atoms with Gasteiger partial charge in [-0.2, -0.15) is 0 Å². The Balaban J connectivity index is 3.38. The maximum Gasteiger partial charge on any atom is 0.153 e. The van der Waals surface area contributed by atoms with Gasteiger partial charge in [-0.15, -0.1) is 0 Å². The van der Waals surface area contributed by atoms with E-state index in [0.717, 1.165) is 0 Å². The van der Waals surface area contributed by atoms with Crippen molar-refractivity contribution in [1.29, 1.82) is 0 Å². The first-order chi connectivity index (χ1) is 6.07. The predicted molar refractivity (Wildman–Crippen MR) is 47.5 cm³/mol. The van der Waals surface area contributed by atoms with E-state index < -0.39 is 5.82 Å². The molecule has 0 saturated heterocycles. The lowest BCUT2D eigenvalue weighted by molar-refractivity contribution is 0.112. The average molecular weight is 182 g/mol. The molecule has 13 heavy (non-hydrogen) atoms. The highest BCUT2D eigenvalue weighted by Gasteiger charge is 2.14. The number of hydrogen-bond donors (Lipinski definition) is 1. The van der Waals surface area contributed by atoms with Crippen LogP contribution in [-0.2, 0) is 0 Å². The summed E-state index contributed by atoms with van der Waals surface area (Å²) in [5, 5.41) is 9.47. The van der Waals surface area contributed by atoms with Gasteiger partial charge >= 0.3 is 0 Å². The third kappa shape index (κ3) is 1.69. The van der Waals surface area contributed by atoms with Crippen LogP contribution < -0.4 is 0 Å². The number of carbonyl (C=O) groups excluding carboxylic acids is 1. The minimum Gasteiger partial charge on any atom is -0.507 e. The van der Waals surface area contributed by atoms with Gasteiger partial charge in [-0.1, -0.05) is 13.8 Å². The van der Waals surface area contributed by atoms with Crippen LogP contribution in [0.4, 0.5) is 4.39 Å². The minimum absolute atomic E-state index is 0.130. The van der Waals surface area contributed by atoms with Gasteiger partial charge in [-0.3, -0.25) is 4.79 Å². The van der Waals surface area contributed by atoms with Crippen molar-refractivity contribution in [2.75, 3.05) is 0 Å². The van der Waals surface area contributed by atoms with Gasteiger partial charge < -0.3 is 5.11 Å². The van der Waals surface area contributed by atoms with E-state index in [9.17, 15) is 14.3 Å². The van der Waals surface area contributed by atoms with E-state index in [1.54, 1.807) is 13.8 Å². The Morgan fingerprint density at radius 3 is 2.54 bits per heavy atom. The molecule has 0 aliphatic heterocycles. The van der Waals surface area contributed by atoms with Crippen LogP contribution in [0, 0.1) is 5.82 Å². The van der Waals surface area contributed by atoms with Crippen molar-refractivity contribution in [3.63, 3.8) is 0 Å². The minimum atomic E-state index is -0.474. The zero-order chi connectivity index (χ0) is 10.0. The average Bonchev–Trinajstić information content (AvgIpc) is 2.04. The Hall–Kier alpha value is -1.38. The first kappa shape index (κ1) is 9.71. The second-order valence-corrected chi connectivity index (χ2v) is 3.17. The molecule has 1 rings (SSSR count). The zero-order valence-electron chi connectivity index (χ0n) is 7.54. The molecule has 0 aliphatic carbocycles. The van der Waals surface area contributed by atoms with E-state index in [1.807, 2.05) is 0 Å². The molecular formula is C10H11FO2. The summed E-state index contributed by atoms with van der Waals surface area (Å²) in [4.78, 5) is 10.4. The SMILES string of the molecule is CC(C)c1c(F)ccc(C=O)c1O. The Morgan fingerprint density at radius 1 is 1.46 bits per heavy atom. The van der Waals surface area contributed by atoms with Crippen LogP contribution in [0.5, 0.6) is 5.75 Å². The van der Waals surface area contributed by atoms with Crippen LogP contribution in [0.2, 0.25) is 0 Å². The number of aromatic hydroxyl groups is 1. The van der Waals surface area contributed by atoms with Crippen LogP contribution in [-0.4, -0.2) is 11.4 Å². The Labute approximate surface area is 76.0 Å². The largest absolute Gasteiger partial charge is 0.507 e. The van der Waals surface area contributed by atoms with Crippen molar-refractivity contribution >= 4 is 6.29 Å². The van der Waals surface area contributed by atoms with Gasteiger partial charge in [0.05, 0.1) is 5.56 Å². The summed E-state index contributed by atoms with van der Waals surface area (Å²) >= 11 is 0.